The minimum Gasteiger partial charge on any atom is -0.313 e. The highest BCUT2D eigenvalue weighted by molar-refractivity contribution is 7.91. The van der Waals surface area contributed by atoms with E-state index in [1.165, 1.54) is 11.3 Å². The minimum atomic E-state index is -3.38. The number of hydrogen-bond acceptors (Lipinski definition) is 5. The van der Waals surface area contributed by atoms with Crippen LogP contribution < -0.4 is 10.0 Å². The molecule has 1 aromatic heterocycles. The highest BCUT2D eigenvalue weighted by atomic mass is 32.2. The fraction of sp³-hybridized carbons (Fsp3) is 0.692. The molecule has 1 heterocycles. The van der Waals surface area contributed by atoms with Crippen molar-refractivity contribution < 1.29 is 8.42 Å². The number of thiophene rings is 1. The van der Waals surface area contributed by atoms with Crippen LogP contribution in [0.1, 0.15) is 25.8 Å². The Balaban J connectivity index is 2.59. The molecule has 1 atom stereocenters. The second-order valence-corrected chi connectivity index (χ2v) is 8.02. The lowest BCUT2D eigenvalue weighted by atomic mass is 10.3. The van der Waals surface area contributed by atoms with Crippen molar-refractivity contribution in [2.24, 2.45) is 0 Å². The molecule has 0 bridgehead atoms. The Kier molecular flexibility index (Phi) is 7.11. The van der Waals surface area contributed by atoms with Crippen LogP contribution in [-0.4, -0.2) is 46.5 Å². The Hall–Kier alpha value is -0.470. The topological polar surface area (TPSA) is 61.4 Å². The Labute approximate surface area is 126 Å². The molecule has 1 unspecified atom stereocenters. The van der Waals surface area contributed by atoms with Crippen LogP contribution in [0.4, 0.5) is 0 Å². The summed E-state index contributed by atoms with van der Waals surface area (Å²) < 4.78 is 27.4. The van der Waals surface area contributed by atoms with Gasteiger partial charge in [0, 0.05) is 19.1 Å². The molecular weight excluding hydrogens is 294 g/mol. The van der Waals surface area contributed by atoms with Gasteiger partial charge in [-0.15, -0.1) is 11.3 Å². The van der Waals surface area contributed by atoms with E-state index in [-0.39, 0.29) is 6.04 Å². The summed E-state index contributed by atoms with van der Waals surface area (Å²) in [6.45, 7) is 6.16. The lowest BCUT2D eigenvalue weighted by Crippen LogP contribution is -2.37. The second kappa shape index (κ2) is 8.09. The number of nitrogens with zero attached hydrogens (tertiary/aromatic N) is 1. The third-order valence-corrected chi connectivity index (χ3v) is 6.01. The van der Waals surface area contributed by atoms with Crippen molar-refractivity contribution in [2.45, 2.75) is 37.1 Å². The van der Waals surface area contributed by atoms with Crippen LogP contribution in [0, 0.1) is 0 Å². The Morgan fingerprint density at radius 1 is 1.40 bits per heavy atom. The first kappa shape index (κ1) is 17.6. The van der Waals surface area contributed by atoms with E-state index in [1.54, 1.807) is 6.07 Å². The van der Waals surface area contributed by atoms with Gasteiger partial charge in [0.1, 0.15) is 4.21 Å². The quantitative estimate of drug-likeness (QED) is 0.677. The molecule has 0 saturated carbocycles. The summed E-state index contributed by atoms with van der Waals surface area (Å²) in [7, 11) is 0.480. The summed E-state index contributed by atoms with van der Waals surface area (Å²) in [6, 6.07) is 1.91. The molecule has 0 aliphatic rings. The first-order chi connectivity index (χ1) is 9.36. The van der Waals surface area contributed by atoms with Gasteiger partial charge in [0.05, 0.1) is 0 Å². The highest BCUT2D eigenvalue weighted by Gasteiger charge is 2.18. The first-order valence-electron chi connectivity index (χ1n) is 6.81. The third kappa shape index (κ3) is 5.49. The molecule has 0 fully saturated rings. The van der Waals surface area contributed by atoms with E-state index >= 15 is 0 Å². The van der Waals surface area contributed by atoms with Crippen LogP contribution in [0.15, 0.2) is 15.7 Å². The van der Waals surface area contributed by atoms with Crippen molar-refractivity contribution in [3.05, 3.63) is 17.0 Å². The third-order valence-electron chi connectivity index (χ3n) is 3.10. The molecular formula is C13H25N3O2S2. The maximum atomic E-state index is 12.2. The molecule has 1 aromatic rings. The maximum absolute atomic E-state index is 12.2. The van der Waals surface area contributed by atoms with Crippen molar-refractivity contribution >= 4 is 21.4 Å². The summed E-state index contributed by atoms with van der Waals surface area (Å²) in [6.07, 6.45) is 1.07. The lowest BCUT2D eigenvalue weighted by molar-refractivity contribution is 0.314. The van der Waals surface area contributed by atoms with E-state index in [2.05, 4.69) is 17.0 Å². The largest absolute Gasteiger partial charge is 0.313 e. The van der Waals surface area contributed by atoms with Crippen LogP contribution in [-0.2, 0) is 16.6 Å². The Morgan fingerprint density at radius 3 is 2.70 bits per heavy atom. The first-order valence-corrected chi connectivity index (χ1v) is 9.17. The highest BCUT2D eigenvalue weighted by Crippen LogP contribution is 2.20. The van der Waals surface area contributed by atoms with Crippen LogP contribution >= 0.6 is 11.3 Å². The molecule has 5 nitrogen and oxygen atoms in total. The zero-order valence-electron chi connectivity index (χ0n) is 12.6. The van der Waals surface area contributed by atoms with E-state index in [4.69, 9.17) is 0 Å². The molecule has 0 aliphatic heterocycles. The fourth-order valence-electron chi connectivity index (χ4n) is 1.48. The maximum Gasteiger partial charge on any atom is 0.250 e. The molecule has 0 spiro atoms. The van der Waals surface area contributed by atoms with Crippen LogP contribution in [0.2, 0.25) is 0 Å². The molecule has 0 amide bonds. The number of sulfonamides is 1. The van der Waals surface area contributed by atoms with Crippen LogP contribution in [0.5, 0.6) is 0 Å². The van der Waals surface area contributed by atoms with Crippen LogP contribution in [0.3, 0.4) is 0 Å². The monoisotopic (exact) mass is 319 g/mol. The number of rotatable bonds is 9. The molecule has 116 valence electrons. The summed E-state index contributed by atoms with van der Waals surface area (Å²) >= 11 is 1.27. The van der Waals surface area contributed by atoms with Gasteiger partial charge in [0.25, 0.3) is 0 Å². The van der Waals surface area contributed by atoms with Gasteiger partial charge in [-0.2, -0.15) is 0 Å². The van der Waals surface area contributed by atoms with Gasteiger partial charge >= 0.3 is 0 Å². The average molecular weight is 319 g/mol. The fourth-order valence-corrected chi connectivity index (χ4v) is 3.86. The van der Waals surface area contributed by atoms with Crippen molar-refractivity contribution in [3.63, 3.8) is 0 Å². The molecule has 7 heteroatoms. The summed E-state index contributed by atoms with van der Waals surface area (Å²) in [5.74, 6) is 0. The van der Waals surface area contributed by atoms with Crippen molar-refractivity contribution in [2.75, 3.05) is 27.2 Å². The smallest absolute Gasteiger partial charge is 0.250 e. The predicted octanol–water partition coefficient (Wildman–Crippen LogP) is 1.48. The van der Waals surface area contributed by atoms with Crippen molar-refractivity contribution in [1.29, 1.82) is 0 Å². The van der Waals surface area contributed by atoms with E-state index in [9.17, 15) is 8.42 Å². The average Bonchev–Trinajstić information content (AvgIpc) is 2.86. The van der Waals surface area contributed by atoms with Gasteiger partial charge in [0.2, 0.25) is 10.0 Å². The zero-order valence-corrected chi connectivity index (χ0v) is 14.3. The van der Waals surface area contributed by atoms with E-state index in [1.807, 2.05) is 31.3 Å². The predicted molar refractivity (Wildman–Crippen MR) is 84.7 cm³/mol. The normalized spacial score (nSPS) is 13.8. The zero-order chi connectivity index (χ0) is 15.2. The lowest BCUT2D eigenvalue weighted by Gasteiger charge is -2.19. The molecule has 0 aromatic carbocycles. The van der Waals surface area contributed by atoms with Crippen molar-refractivity contribution in [1.82, 2.24) is 14.9 Å². The van der Waals surface area contributed by atoms with E-state index in [0.29, 0.717) is 17.3 Å². The standard InChI is InChI=1S/C13H25N3O2S2/c1-5-6-14-9-12-7-13(19-10-12)20(17,18)15-8-11(2)16(3)4/h7,10-11,14-15H,5-6,8-9H2,1-4H3. The van der Waals surface area contributed by atoms with Gasteiger partial charge in [0.15, 0.2) is 0 Å². The minimum absolute atomic E-state index is 0.162. The summed E-state index contributed by atoms with van der Waals surface area (Å²) in [4.78, 5) is 1.98. The molecule has 1 rings (SSSR count). The van der Waals surface area contributed by atoms with Gasteiger partial charge in [-0.3, -0.25) is 0 Å². The van der Waals surface area contributed by atoms with Gasteiger partial charge in [-0.05, 0) is 51.0 Å². The molecule has 0 aliphatic carbocycles. The van der Waals surface area contributed by atoms with Gasteiger partial charge < -0.3 is 10.2 Å². The Bertz CT molecular complexity index is 497. The second-order valence-electron chi connectivity index (χ2n) is 5.12. The van der Waals surface area contributed by atoms with Crippen LogP contribution in [0.25, 0.3) is 0 Å². The molecule has 20 heavy (non-hydrogen) atoms. The Morgan fingerprint density at radius 2 is 2.10 bits per heavy atom. The molecule has 0 radical (unpaired) electrons. The molecule has 0 saturated heterocycles. The number of likely N-dealkylation sites (N-methyl/N-ethyl adjacent to an activating group) is 1. The van der Waals surface area contributed by atoms with E-state index in [0.717, 1.165) is 18.5 Å². The number of nitrogens with one attached hydrogen (secondary N) is 2. The summed E-state index contributed by atoms with van der Waals surface area (Å²) in [5, 5.41) is 5.16. The van der Waals surface area contributed by atoms with Gasteiger partial charge in [-0.25, -0.2) is 13.1 Å². The summed E-state index contributed by atoms with van der Waals surface area (Å²) in [5.41, 5.74) is 1.02. The van der Waals surface area contributed by atoms with Gasteiger partial charge in [-0.1, -0.05) is 6.92 Å². The SMILES string of the molecule is CCCNCc1csc(S(=O)(=O)NCC(C)N(C)C)c1. The molecule has 2 N–H and O–H groups in total. The number of hydrogen-bond donors (Lipinski definition) is 2. The van der Waals surface area contributed by atoms with Crippen molar-refractivity contribution in [3.8, 4) is 0 Å². The van der Waals surface area contributed by atoms with E-state index < -0.39 is 10.0 Å².